The summed E-state index contributed by atoms with van der Waals surface area (Å²) in [6, 6.07) is 18.0. The molecule has 1 heterocycles. The van der Waals surface area contributed by atoms with E-state index in [1.54, 1.807) is 0 Å². The fourth-order valence-corrected chi connectivity index (χ4v) is 2.20. The number of nitrogens with one attached hydrogen (secondary N) is 2. The van der Waals surface area contributed by atoms with Gasteiger partial charge in [-0.2, -0.15) is 5.26 Å². The first-order valence-electron chi connectivity index (χ1n) is 6.75. The van der Waals surface area contributed by atoms with Crippen molar-refractivity contribution >= 4 is 16.6 Å². The van der Waals surface area contributed by atoms with Gasteiger partial charge in [-0.25, -0.2) is 0 Å². The van der Waals surface area contributed by atoms with E-state index >= 15 is 0 Å². The Morgan fingerprint density at radius 2 is 1.95 bits per heavy atom. The van der Waals surface area contributed by atoms with Gasteiger partial charge in [0.05, 0.1) is 0 Å². The molecule has 0 saturated carbocycles. The van der Waals surface area contributed by atoms with Crippen LogP contribution in [0.5, 0.6) is 5.75 Å². The number of nitrogens with zero attached hydrogens (tertiary/aromatic N) is 1. The molecule has 4 nitrogen and oxygen atoms in total. The lowest BCUT2D eigenvalue weighted by Crippen LogP contribution is -1.99. The summed E-state index contributed by atoms with van der Waals surface area (Å²) in [6.45, 7) is 0.836. The van der Waals surface area contributed by atoms with Crippen LogP contribution in [-0.2, 0) is 6.54 Å². The second-order valence-electron chi connectivity index (χ2n) is 4.72. The van der Waals surface area contributed by atoms with E-state index in [0.29, 0.717) is 5.75 Å². The van der Waals surface area contributed by atoms with Gasteiger partial charge in [0.15, 0.2) is 6.61 Å². The number of aromatic nitrogens is 1. The average molecular weight is 277 g/mol. The molecule has 104 valence electrons. The molecule has 4 heteroatoms. The third-order valence-corrected chi connectivity index (χ3v) is 3.27. The van der Waals surface area contributed by atoms with Crippen LogP contribution >= 0.6 is 0 Å². The maximum absolute atomic E-state index is 8.46. The molecule has 0 aliphatic rings. The summed E-state index contributed by atoms with van der Waals surface area (Å²) in [5.74, 6) is 0.704. The van der Waals surface area contributed by atoms with E-state index in [0.717, 1.165) is 17.7 Å². The number of hydrogen-bond donors (Lipinski definition) is 2. The lowest BCUT2D eigenvalue weighted by molar-refractivity contribution is 0.368. The monoisotopic (exact) mass is 277 g/mol. The molecule has 2 aromatic carbocycles. The Kier molecular flexibility index (Phi) is 3.74. The number of aromatic amines is 1. The highest BCUT2D eigenvalue weighted by atomic mass is 16.5. The van der Waals surface area contributed by atoms with Crippen molar-refractivity contribution in [2.45, 2.75) is 6.54 Å². The summed E-state index contributed by atoms with van der Waals surface area (Å²) >= 11 is 0. The first kappa shape index (κ1) is 13.1. The number of hydrogen-bond acceptors (Lipinski definition) is 3. The smallest absolute Gasteiger partial charge is 0.174 e. The number of nitriles is 1. The van der Waals surface area contributed by atoms with Crippen LogP contribution in [0.4, 0.5) is 5.69 Å². The summed E-state index contributed by atoms with van der Waals surface area (Å²) in [5, 5.41) is 13.1. The van der Waals surface area contributed by atoms with Gasteiger partial charge in [0.2, 0.25) is 0 Å². The molecule has 0 fully saturated rings. The summed E-state index contributed by atoms with van der Waals surface area (Å²) in [7, 11) is 0. The first-order valence-corrected chi connectivity index (χ1v) is 6.75. The topological polar surface area (TPSA) is 60.8 Å². The van der Waals surface area contributed by atoms with E-state index < -0.39 is 0 Å². The maximum Gasteiger partial charge on any atom is 0.174 e. The molecule has 3 aromatic rings. The van der Waals surface area contributed by atoms with Crippen molar-refractivity contribution in [3.63, 3.8) is 0 Å². The van der Waals surface area contributed by atoms with Crippen molar-refractivity contribution in [3.05, 3.63) is 60.3 Å². The van der Waals surface area contributed by atoms with Crippen LogP contribution in [0.15, 0.2) is 54.7 Å². The third-order valence-electron chi connectivity index (χ3n) is 3.27. The van der Waals surface area contributed by atoms with Crippen LogP contribution in [0.1, 0.15) is 5.56 Å². The number of H-pyrrole nitrogens is 1. The first-order chi connectivity index (χ1) is 10.3. The van der Waals surface area contributed by atoms with Crippen molar-refractivity contribution in [2.75, 3.05) is 11.9 Å². The largest absolute Gasteiger partial charge is 0.479 e. The summed E-state index contributed by atoms with van der Waals surface area (Å²) in [6.07, 6.45) is 1.95. The molecular formula is C17H15N3O. The Hall–Kier alpha value is -2.93. The number of anilines is 1. The van der Waals surface area contributed by atoms with Crippen molar-refractivity contribution < 1.29 is 4.74 Å². The highest BCUT2D eigenvalue weighted by Gasteiger charge is 1.99. The minimum atomic E-state index is 0.0729. The number of ether oxygens (including phenoxy) is 1. The molecule has 0 atom stereocenters. The Labute approximate surface area is 123 Å². The third kappa shape index (κ3) is 3.15. The van der Waals surface area contributed by atoms with E-state index in [2.05, 4.69) is 34.6 Å². The summed E-state index contributed by atoms with van der Waals surface area (Å²) < 4.78 is 5.22. The quantitative estimate of drug-likeness (QED) is 0.747. The second kappa shape index (κ2) is 6.02. The lowest BCUT2D eigenvalue weighted by atomic mass is 10.1. The van der Waals surface area contributed by atoms with Gasteiger partial charge in [-0.3, -0.25) is 0 Å². The molecule has 21 heavy (non-hydrogen) atoms. The van der Waals surface area contributed by atoms with Gasteiger partial charge in [-0.05, 0) is 53.4 Å². The van der Waals surface area contributed by atoms with E-state index in [4.69, 9.17) is 10.00 Å². The van der Waals surface area contributed by atoms with Crippen LogP contribution in [0.25, 0.3) is 10.9 Å². The Balaban J connectivity index is 1.62. The molecule has 2 N–H and O–H groups in total. The SMILES string of the molecule is N#CCOc1ccc(NCc2ccc3[nH]ccc3c2)cc1. The molecule has 3 rings (SSSR count). The summed E-state index contributed by atoms with van der Waals surface area (Å²) in [4.78, 5) is 3.19. The van der Waals surface area contributed by atoms with Gasteiger partial charge < -0.3 is 15.0 Å². The van der Waals surface area contributed by atoms with Gasteiger partial charge in [0, 0.05) is 23.9 Å². The Morgan fingerprint density at radius 3 is 2.76 bits per heavy atom. The highest BCUT2D eigenvalue weighted by molar-refractivity contribution is 5.79. The predicted molar refractivity (Wildman–Crippen MR) is 83.2 cm³/mol. The molecule has 0 saturated heterocycles. The number of rotatable bonds is 5. The second-order valence-corrected chi connectivity index (χ2v) is 4.72. The van der Waals surface area contributed by atoms with Crippen LogP contribution in [0.2, 0.25) is 0 Å². The average Bonchev–Trinajstić information content (AvgIpc) is 2.99. The van der Waals surface area contributed by atoms with Crippen molar-refractivity contribution in [1.29, 1.82) is 5.26 Å². The minimum absolute atomic E-state index is 0.0729. The molecule has 0 aliphatic carbocycles. The van der Waals surface area contributed by atoms with E-state index in [-0.39, 0.29) is 6.61 Å². The molecule has 0 radical (unpaired) electrons. The molecule has 0 amide bonds. The molecule has 1 aromatic heterocycles. The predicted octanol–water partition coefficient (Wildman–Crippen LogP) is 3.68. The van der Waals surface area contributed by atoms with Gasteiger partial charge in [0.1, 0.15) is 11.8 Å². The van der Waals surface area contributed by atoms with Crippen molar-refractivity contribution in [3.8, 4) is 11.8 Å². The normalized spacial score (nSPS) is 10.2. The van der Waals surface area contributed by atoms with Gasteiger partial charge in [0.25, 0.3) is 0 Å². The van der Waals surface area contributed by atoms with Gasteiger partial charge in [-0.1, -0.05) is 6.07 Å². The van der Waals surface area contributed by atoms with Crippen molar-refractivity contribution in [2.24, 2.45) is 0 Å². The summed E-state index contributed by atoms with van der Waals surface area (Å²) in [5.41, 5.74) is 3.40. The zero-order chi connectivity index (χ0) is 14.5. The minimum Gasteiger partial charge on any atom is -0.479 e. The van der Waals surface area contributed by atoms with Gasteiger partial charge >= 0.3 is 0 Å². The van der Waals surface area contributed by atoms with E-state index in [1.807, 2.05) is 36.5 Å². The Bertz CT molecular complexity index is 769. The zero-order valence-electron chi connectivity index (χ0n) is 11.5. The Morgan fingerprint density at radius 1 is 1.10 bits per heavy atom. The molecule has 0 unspecified atom stereocenters. The standard InChI is InChI=1S/C17H15N3O/c18-8-10-21-16-4-2-15(3-5-16)20-12-13-1-6-17-14(11-13)7-9-19-17/h1-7,9,11,19-20H,10,12H2. The molecule has 0 spiro atoms. The fourth-order valence-electron chi connectivity index (χ4n) is 2.20. The van der Waals surface area contributed by atoms with Crippen LogP contribution in [-0.4, -0.2) is 11.6 Å². The lowest BCUT2D eigenvalue weighted by Gasteiger charge is -2.08. The van der Waals surface area contributed by atoms with Crippen molar-refractivity contribution in [1.82, 2.24) is 4.98 Å². The van der Waals surface area contributed by atoms with Crippen LogP contribution < -0.4 is 10.1 Å². The van der Waals surface area contributed by atoms with E-state index in [9.17, 15) is 0 Å². The molecular weight excluding hydrogens is 262 g/mol. The van der Waals surface area contributed by atoms with Gasteiger partial charge in [-0.15, -0.1) is 0 Å². The van der Waals surface area contributed by atoms with Crippen LogP contribution in [0.3, 0.4) is 0 Å². The molecule has 0 aliphatic heterocycles. The maximum atomic E-state index is 8.46. The molecule has 0 bridgehead atoms. The highest BCUT2D eigenvalue weighted by Crippen LogP contribution is 2.18. The van der Waals surface area contributed by atoms with Crippen LogP contribution in [0, 0.1) is 11.3 Å². The number of fused-ring (bicyclic) bond motifs is 1. The van der Waals surface area contributed by atoms with E-state index in [1.165, 1.54) is 10.9 Å². The zero-order valence-corrected chi connectivity index (χ0v) is 11.5. The number of benzene rings is 2. The fraction of sp³-hybridized carbons (Fsp3) is 0.118.